The number of carbonyl (C=O) groups is 1. The number of Topliss-reactive ketones (excluding diaryl/α,β-unsaturated/α-hetero) is 1. The highest BCUT2D eigenvalue weighted by molar-refractivity contribution is 5.94. The first-order chi connectivity index (χ1) is 13.8. The molecule has 3 saturated carbocycles. The fraction of sp³-hybridized carbons (Fsp3) is 0.500. The largest absolute Gasteiger partial charge is 0.362 e. The van der Waals surface area contributed by atoms with Crippen molar-refractivity contribution in [3.63, 3.8) is 0 Å². The number of rotatable bonds is 3. The summed E-state index contributed by atoms with van der Waals surface area (Å²) >= 11 is 0. The van der Waals surface area contributed by atoms with Gasteiger partial charge >= 0.3 is 0 Å². The first-order valence-corrected chi connectivity index (χ1v) is 11.3. The predicted molar refractivity (Wildman–Crippen MR) is 112 cm³/mol. The fourth-order valence-electron chi connectivity index (χ4n) is 7.57. The summed E-state index contributed by atoms with van der Waals surface area (Å²) in [5, 5.41) is 0. The molecule has 1 heterocycles. The Hall–Kier alpha value is -2.09. The highest BCUT2D eigenvalue weighted by Crippen LogP contribution is 2.67. The molecule has 2 aromatic rings. The van der Waals surface area contributed by atoms with Crippen LogP contribution in [0.2, 0.25) is 0 Å². The maximum absolute atomic E-state index is 13.4. The van der Waals surface area contributed by atoms with Gasteiger partial charge < -0.3 is 4.90 Å². The van der Waals surface area contributed by atoms with Crippen molar-refractivity contribution in [1.29, 1.82) is 0 Å². The summed E-state index contributed by atoms with van der Waals surface area (Å²) in [7, 11) is 0. The maximum Gasteiger partial charge on any atom is 0.142 e. The van der Waals surface area contributed by atoms with Crippen LogP contribution in [0, 0.1) is 17.8 Å². The molecule has 6 rings (SSSR count). The minimum Gasteiger partial charge on any atom is -0.362 e. The van der Waals surface area contributed by atoms with Gasteiger partial charge in [-0.3, -0.25) is 4.79 Å². The standard InChI is InChI=1S/C26H29NO/c28-24-20-15-16-22(24)26(19-11-5-2-6-12-19)21-13-7-8-14-23(21)27(25(20)26)17-18-9-3-1-4-10-18/h1,3-4,7-10,13-14,19-20,22,25H,2,5-6,11-12,15-17H2. The van der Waals surface area contributed by atoms with E-state index in [9.17, 15) is 4.79 Å². The van der Waals surface area contributed by atoms with Crippen LogP contribution in [0.5, 0.6) is 0 Å². The molecule has 2 bridgehead atoms. The molecule has 3 aliphatic carbocycles. The second-order valence-electron chi connectivity index (χ2n) is 9.48. The van der Waals surface area contributed by atoms with Crippen LogP contribution < -0.4 is 4.90 Å². The lowest BCUT2D eigenvalue weighted by molar-refractivity contribution is -0.122. The van der Waals surface area contributed by atoms with Crippen molar-refractivity contribution in [2.45, 2.75) is 62.9 Å². The van der Waals surface area contributed by atoms with Crippen LogP contribution in [0.25, 0.3) is 0 Å². The molecule has 2 heteroatoms. The first-order valence-electron chi connectivity index (χ1n) is 11.3. The Morgan fingerprint density at radius 2 is 1.61 bits per heavy atom. The van der Waals surface area contributed by atoms with Crippen LogP contribution in [0.1, 0.15) is 56.1 Å². The predicted octanol–water partition coefficient (Wildman–Crippen LogP) is 5.50. The Balaban J connectivity index is 1.53. The van der Waals surface area contributed by atoms with Gasteiger partial charge in [0.15, 0.2) is 0 Å². The lowest BCUT2D eigenvalue weighted by Gasteiger charge is -2.48. The Kier molecular flexibility index (Phi) is 3.73. The van der Waals surface area contributed by atoms with E-state index in [0.717, 1.165) is 19.4 Å². The molecule has 0 saturated heterocycles. The molecule has 2 nitrogen and oxygen atoms in total. The quantitative estimate of drug-likeness (QED) is 0.710. The number of hydrogen-bond donors (Lipinski definition) is 0. The normalized spacial score (nSPS) is 33.9. The van der Waals surface area contributed by atoms with E-state index in [1.807, 2.05) is 0 Å². The van der Waals surface area contributed by atoms with Crippen molar-refractivity contribution in [2.75, 3.05) is 4.90 Å². The van der Waals surface area contributed by atoms with Gasteiger partial charge in [-0.05, 0) is 48.8 Å². The van der Waals surface area contributed by atoms with Gasteiger partial charge in [0.1, 0.15) is 5.78 Å². The molecule has 0 spiro atoms. The van der Waals surface area contributed by atoms with Crippen LogP contribution >= 0.6 is 0 Å². The highest BCUT2D eigenvalue weighted by Gasteiger charge is 2.71. The van der Waals surface area contributed by atoms with Crippen LogP contribution in [0.3, 0.4) is 0 Å². The van der Waals surface area contributed by atoms with Crippen molar-refractivity contribution >= 4 is 11.5 Å². The van der Waals surface area contributed by atoms with Crippen LogP contribution in [0.15, 0.2) is 54.6 Å². The minimum absolute atomic E-state index is 0.0752. The van der Waals surface area contributed by atoms with E-state index in [-0.39, 0.29) is 17.3 Å². The Morgan fingerprint density at radius 1 is 0.857 bits per heavy atom. The van der Waals surface area contributed by atoms with E-state index in [1.165, 1.54) is 48.9 Å². The summed E-state index contributed by atoms with van der Waals surface area (Å²) in [6.45, 7) is 0.924. The molecule has 4 atom stereocenters. The van der Waals surface area contributed by atoms with Crippen molar-refractivity contribution < 1.29 is 4.79 Å². The van der Waals surface area contributed by atoms with Gasteiger partial charge in [0, 0.05) is 35.5 Å². The monoisotopic (exact) mass is 371 g/mol. The van der Waals surface area contributed by atoms with E-state index in [2.05, 4.69) is 59.5 Å². The van der Waals surface area contributed by atoms with Crippen LogP contribution in [-0.2, 0) is 16.8 Å². The van der Waals surface area contributed by atoms with Crippen molar-refractivity contribution in [3.8, 4) is 0 Å². The zero-order valence-electron chi connectivity index (χ0n) is 16.5. The zero-order chi connectivity index (χ0) is 18.7. The zero-order valence-corrected chi connectivity index (χ0v) is 16.5. The van der Waals surface area contributed by atoms with E-state index >= 15 is 0 Å². The van der Waals surface area contributed by atoms with Crippen LogP contribution in [0.4, 0.5) is 5.69 Å². The van der Waals surface area contributed by atoms with Crippen molar-refractivity contribution in [3.05, 3.63) is 65.7 Å². The topological polar surface area (TPSA) is 20.3 Å². The third kappa shape index (κ3) is 2.07. The van der Waals surface area contributed by atoms with Gasteiger partial charge in [0.05, 0.1) is 0 Å². The molecule has 3 fully saturated rings. The van der Waals surface area contributed by atoms with E-state index < -0.39 is 0 Å². The summed E-state index contributed by atoms with van der Waals surface area (Å²) in [6, 6.07) is 20.3. The van der Waals surface area contributed by atoms with Gasteiger partial charge in [0.2, 0.25) is 0 Å². The average Bonchev–Trinajstić information content (AvgIpc) is 3.35. The molecule has 2 aromatic carbocycles. The molecule has 28 heavy (non-hydrogen) atoms. The minimum atomic E-state index is 0.0752. The second-order valence-corrected chi connectivity index (χ2v) is 9.48. The Labute approximate surface area is 167 Å². The smallest absolute Gasteiger partial charge is 0.142 e. The average molecular weight is 372 g/mol. The Morgan fingerprint density at radius 3 is 2.43 bits per heavy atom. The molecule has 4 unspecified atom stereocenters. The molecule has 4 aliphatic rings. The summed E-state index contributed by atoms with van der Waals surface area (Å²) in [5.74, 6) is 1.76. The van der Waals surface area contributed by atoms with Gasteiger partial charge in [0.25, 0.3) is 0 Å². The number of hydrogen-bond acceptors (Lipinski definition) is 2. The number of nitrogens with zero attached hydrogens (tertiary/aromatic N) is 1. The van der Waals surface area contributed by atoms with Crippen LogP contribution in [-0.4, -0.2) is 11.8 Å². The summed E-state index contributed by atoms with van der Waals surface area (Å²) in [4.78, 5) is 16.1. The molecule has 0 amide bonds. The van der Waals surface area contributed by atoms with E-state index in [4.69, 9.17) is 0 Å². The SMILES string of the molecule is O=C1C2CCC1C1(C3CCCCC3)c3ccccc3N(Cc3ccccc3)C21. The molecule has 0 radical (unpaired) electrons. The Bertz CT molecular complexity index is 900. The van der Waals surface area contributed by atoms with Gasteiger partial charge in [-0.1, -0.05) is 67.8 Å². The number of benzene rings is 2. The van der Waals surface area contributed by atoms with E-state index in [1.54, 1.807) is 0 Å². The van der Waals surface area contributed by atoms with Crippen molar-refractivity contribution in [1.82, 2.24) is 0 Å². The molecular formula is C26H29NO. The second kappa shape index (κ2) is 6.20. The lowest BCUT2D eigenvalue weighted by Crippen LogP contribution is -2.53. The first kappa shape index (κ1) is 16.8. The summed E-state index contributed by atoms with van der Waals surface area (Å²) in [5.41, 5.74) is 4.34. The fourth-order valence-corrected chi connectivity index (χ4v) is 7.57. The van der Waals surface area contributed by atoms with Crippen molar-refractivity contribution in [2.24, 2.45) is 17.8 Å². The van der Waals surface area contributed by atoms with Gasteiger partial charge in [-0.15, -0.1) is 0 Å². The number of ketones is 1. The number of carbonyl (C=O) groups excluding carboxylic acids is 1. The lowest BCUT2D eigenvalue weighted by atomic mass is 9.57. The third-order valence-corrected chi connectivity index (χ3v) is 8.41. The summed E-state index contributed by atoms with van der Waals surface area (Å²) < 4.78 is 0. The van der Waals surface area contributed by atoms with E-state index in [0.29, 0.717) is 17.7 Å². The molecule has 144 valence electrons. The number of fused-ring (bicyclic) bond motifs is 7. The number of anilines is 1. The molecular weight excluding hydrogens is 342 g/mol. The highest BCUT2D eigenvalue weighted by atomic mass is 16.1. The maximum atomic E-state index is 13.4. The molecule has 0 N–H and O–H groups in total. The van der Waals surface area contributed by atoms with Gasteiger partial charge in [-0.2, -0.15) is 0 Å². The number of para-hydroxylation sites is 1. The summed E-state index contributed by atoms with van der Waals surface area (Å²) in [6.07, 6.45) is 8.87. The van der Waals surface area contributed by atoms with Gasteiger partial charge in [-0.25, -0.2) is 0 Å². The molecule has 1 aliphatic heterocycles. The molecule has 0 aromatic heterocycles. The third-order valence-electron chi connectivity index (χ3n) is 8.41.